The number of benzene rings is 1. The molecule has 2 aliphatic rings. The third-order valence-electron chi connectivity index (χ3n) is 8.83. The van der Waals surface area contributed by atoms with E-state index in [1.165, 1.54) is 31.3 Å². The van der Waals surface area contributed by atoms with Crippen LogP contribution in [0.15, 0.2) is 24.4 Å². The molecule has 2 aromatic rings. The van der Waals surface area contributed by atoms with Crippen LogP contribution in [-0.2, 0) is 16.9 Å². The van der Waals surface area contributed by atoms with E-state index in [1.807, 2.05) is 12.3 Å². The Hall–Kier alpha value is -2.12. The highest BCUT2D eigenvalue weighted by molar-refractivity contribution is 6.76. The first-order valence-corrected chi connectivity index (χ1v) is 18.7. The van der Waals surface area contributed by atoms with Gasteiger partial charge in [-0.1, -0.05) is 77.4 Å². The van der Waals surface area contributed by atoms with Crippen molar-refractivity contribution in [3.05, 3.63) is 41.2 Å². The van der Waals surface area contributed by atoms with Crippen molar-refractivity contribution in [1.82, 2.24) is 15.0 Å². The van der Waals surface area contributed by atoms with Gasteiger partial charge in [0.1, 0.15) is 29.5 Å². The summed E-state index contributed by atoms with van der Waals surface area (Å²) < 4.78 is 14.3. The van der Waals surface area contributed by atoms with Crippen LogP contribution >= 0.6 is 0 Å². The van der Waals surface area contributed by atoms with Crippen LogP contribution in [0.2, 0.25) is 25.7 Å². The van der Waals surface area contributed by atoms with Gasteiger partial charge in [-0.3, -0.25) is 0 Å². The van der Waals surface area contributed by atoms with E-state index in [0.717, 1.165) is 54.5 Å². The molecule has 2 atom stereocenters. The van der Waals surface area contributed by atoms with Crippen LogP contribution in [0, 0.1) is 5.92 Å². The minimum absolute atomic E-state index is 0.0160. The topological polar surface area (TPSA) is 69.4 Å². The zero-order chi connectivity index (χ0) is 28.4. The number of unbranched alkanes of at least 4 members (excludes halogenated alkanes) is 3. The molecule has 1 aromatic carbocycles. The zero-order valence-corrected chi connectivity index (χ0v) is 26.6. The molecular formula is C32H51N3O3Si. The van der Waals surface area contributed by atoms with E-state index >= 15 is 0 Å². The van der Waals surface area contributed by atoms with Crippen LogP contribution in [0.5, 0.6) is 11.5 Å². The Morgan fingerprint density at radius 1 is 1.18 bits per heavy atom. The number of allylic oxidation sites excluding steroid dienone is 2. The van der Waals surface area contributed by atoms with E-state index < -0.39 is 8.07 Å². The van der Waals surface area contributed by atoms with Gasteiger partial charge in [0.2, 0.25) is 0 Å². The smallest absolute Gasteiger partial charge is 0.141 e. The summed E-state index contributed by atoms with van der Waals surface area (Å²) in [7, 11) is -1.11. The van der Waals surface area contributed by atoms with Crippen LogP contribution in [-0.4, -0.2) is 40.4 Å². The van der Waals surface area contributed by atoms with Crippen LogP contribution in [0.1, 0.15) is 102 Å². The van der Waals surface area contributed by atoms with Crippen LogP contribution in [0.3, 0.4) is 0 Å². The Morgan fingerprint density at radius 3 is 2.67 bits per heavy atom. The van der Waals surface area contributed by atoms with Gasteiger partial charge in [-0.2, -0.15) is 0 Å². The highest BCUT2D eigenvalue weighted by Gasteiger charge is 2.46. The molecule has 1 aliphatic carbocycles. The fourth-order valence-corrected chi connectivity index (χ4v) is 6.94. The molecule has 4 rings (SSSR count). The number of nitrogens with zero attached hydrogens (tertiary/aromatic N) is 3. The molecule has 0 unspecified atom stereocenters. The van der Waals surface area contributed by atoms with Crippen molar-refractivity contribution < 1.29 is 14.6 Å². The van der Waals surface area contributed by atoms with Crippen LogP contribution in [0.25, 0.3) is 5.57 Å². The van der Waals surface area contributed by atoms with Gasteiger partial charge in [-0.05, 0) is 67.8 Å². The molecule has 1 aromatic heterocycles. The number of aromatic nitrogens is 3. The molecule has 6 nitrogen and oxygen atoms in total. The Bertz CT molecular complexity index is 1160. The molecule has 7 heteroatoms. The van der Waals surface area contributed by atoms with Gasteiger partial charge in [-0.15, -0.1) is 5.10 Å². The second-order valence-corrected chi connectivity index (χ2v) is 19.8. The van der Waals surface area contributed by atoms with Gasteiger partial charge >= 0.3 is 0 Å². The molecule has 1 aliphatic heterocycles. The Labute approximate surface area is 237 Å². The third kappa shape index (κ3) is 7.15. The molecule has 0 amide bonds. The molecule has 216 valence electrons. The molecule has 0 radical (unpaired) electrons. The van der Waals surface area contributed by atoms with Crippen molar-refractivity contribution in [1.29, 1.82) is 0 Å². The van der Waals surface area contributed by atoms with Crippen molar-refractivity contribution >= 4 is 13.6 Å². The van der Waals surface area contributed by atoms with Gasteiger partial charge in [0.15, 0.2) is 0 Å². The lowest BCUT2D eigenvalue weighted by molar-refractivity contribution is 0.00908. The SMILES string of the molecule is CCCCCCC(C)(C)c1cc(O)c2c(c1)OC(C)(C)[C@@H]1CC=C(c3cn(COCC[Si](C)(C)C)nn3)C[C@@H]21. The minimum atomic E-state index is -1.11. The lowest BCUT2D eigenvalue weighted by Crippen LogP contribution is -2.45. The van der Waals surface area contributed by atoms with Crippen molar-refractivity contribution in [3.8, 4) is 11.5 Å². The highest BCUT2D eigenvalue weighted by atomic mass is 28.3. The average Bonchev–Trinajstić information content (AvgIpc) is 3.32. The summed E-state index contributed by atoms with van der Waals surface area (Å²) in [5.41, 5.74) is 3.87. The molecule has 0 bridgehead atoms. The van der Waals surface area contributed by atoms with Gasteiger partial charge in [-0.25, -0.2) is 4.68 Å². The van der Waals surface area contributed by atoms with Crippen molar-refractivity contribution in [2.75, 3.05) is 6.61 Å². The summed E-state index contributed by atoms with van der Waals surface area (Å²) in [4.78, 5) is 0. The normalized spacial score (nSPS) is 20.7. The zero-order valence-electron chi connectivity index (χ0n) is 25.6. The van der Waals surface area contributed by atoms with Crippen LogP contribution < -0.4 is 4.74 Å². The third-order valence-corrected chi connectivity index (χ3v) is 10.5. The number of rotatable bonds is 12. The monoisotopic (exact) mass is 553 g/mol. The van der Waals surface area contributed by atoms with E-state index in [2.05, 4.69) is 76.7 Å². The number of phenols is 1. The maximum Gasteiger partial charge on any atom is 0.141 e. The van der Waals surface area contributed by atoms with Gasteiger partial charge in [0, 0.05) is 32.1 Å². The van der Waals surface area contributed by atoms with E-state index in [0.29, 0.717) is 12.5 Å². The second kappa shape index (κ2) is 11.8. The maximum absolute atomic E-state index is 11.4. The van der Waals surface area contributed by atoms with Gasteiger partial charge in [0.05, 0.1) is 6.20 Å². The lowest BCUT2D eigenvalue weighted by Gasteiger charge is -2.47. The molecule has 1 N–H and O–H groups in total. The Balaban J connectivity index is 1.52. The second-order valence-electron chi connectivity index (χ2n) is 14.2. The maximum atomic E-state index is 11.4. The van der Waals surface area contributed by atoms with Crippen molar-refractivity contribution in [2.24, 2.45) is 5.92 Å². The highest BCUT2D eigenvalue weighted by Crippen LogP contribution is 2.56. The number of phenolic OH excluding ortho intramolecular Hbond substituents is 1. The van der Waals surface area contributed by atoms with E-state index in [9.17, 15) is 5.11 Å². The minimum Gasteiger partial charge on any atom is -0.508 e. The Morgan fingerprint density at radius 2 is 1.95 bits per heavy atom. The van der Waals surface area contributed by atoms with E-state index in [1.54, 1.807) is 4.68 Å². The largest absolute Gasteiger partial charge is 0.508 e. The summed E-state index contributed by atoms with van der Waals surface area (Å²) in [6, 6.07) is 5.35. The summed E-state index contributed by atoms with van der Waals surface area (Å²) in [5, 5.41) is 20.2. The summed E-state index contributed by atoms with van der Waals surface area (Å²) >= 11 is 0. The molecule has 2 heterocycles. The summed E-state index contributed by atoms with van der Waals surface area (Å²) in [6.07, 6.45) is 12.1. The molecule has 0 fully saturated rings. The predicted molar refractivity (Wildman–Crippen MR) is 162 cm³/mol. The fraction of sp³-hybridized carbons (Fsp3) is 0.688. The summed E-state index contributed by atoms with van der Waals surface area (Å²) in [6.45, 7) is 19.5. The Kier molecular flexibility index (Phi) is 9.01. The molecular weight excluding hydrogens is 502 g/mol. The average molecular weight is 554 g/mol. The molecule has 0 spiro atoms. The first kappa shape index (κ1) is 29.8. The van der Waals surface area contributed by atoms with Gasteiger partial charge < -0.3 is 14.6 Å². The first-order valence-electron chi connectivity index (χ1n) is 15.0. The number of fused-ring (bicyclic) bond motifs is 3. The quantitative estimate of drug-likeness (QED) is 0.211. The fourth-order valence-electron chi connectivity index (χ4n) is 6.18. The van der Waals surface area contributed by atoms with Crippen LogP contribution in [0.4, 0.5) is 0 Å². The van der Waals surface area contributed by atoms with Crippen molar-refractivity contribution in [3.63, 3.8) is 0 Å². The van der Waals surface area contributed by atoms with Gasteiger partial charge in [0.25, 0.3) is 0 Å². The lowest BCUT2D eigenvalue weighted by atomic mass is 9.66. The number of hydrogen-bond acceptors (Lipinski definition) is 5. The molecule has 0 saturated carbocycles. The molecule has 0 saturated heterocycles. The summed E-state index contributed by atoms with van der Waals surface area (Å²) in [5.74, 6) is 1.67. The standard InChI is InChI=1S/C32H51N3O3Si/c1-9-10-11-12-15-31(2,3)24-19-28(36)30-25-18-23(13-14-26(25)32(4,5)38-29(30)20-24)27-21-35(34-33-27)22-37-16-17-39(6,7)8/h13,19-21,25-26,36H,9-12,14-18,22H2,1-8H3/t25-,26-/m1/s1. The predicted octanol–water partition coefficient (Wildman–Crippen LogP) is 8.29. The molecule has 39 heavy (non-hydrogen) atoms. The van der Waals surface area contributed by atoms with E-state index in [-0.39, 0.29) is 22.9 Å². The number of ether oxygens (including phenoxy) is 2. The number of aromatic hydroxyl groups is 1. The van der Waals surface area contributed by atoms with E-state index in [4.69, 9.17) is 9.47 Å². The van der Waals surface area contributed by atoms with Crippen molar-refractivity contribution in [2.45, 2.75) is 129 Å². The first-order chi connectivity index (χ1) is 18.3. The number of hydrogen-bond donors (Lipinski definition) is 1.